The zero-order chi connectivity index (χ0) is 19.6. The van der Waals surface area contributed by atoms with Crippen LogP contribution in [-0.4, -0.2) is 24.6 Å². The highest BCUT2D eigenvalue weighted by Gasteiger charge is 2.16. The fourth-order valence-electron chi connectivity index (χ4n) is 2.84. The molecule has 7 heteroatoms. The molecule has 0 saturated carbocycles. The van der Waals surface area contributed by atoms with Crippen LogP contribution in [0.15, 0.2) is 52.4 Å². The molecule has 0 atom stereocenters. The third kappa shape index (κ3) is 4.20. The average molecular weight is 403 g/mol. The van der Waals surface area contributed by atoms with Crippen molar-refractivity contribution in [2.24, 2.45) is 4.99 Å². The van der Waals surface area contributed by atoms with Crippen molar-refractivity contribution in [1.29, 1.82) is 0 Å². The topological polar surface area (TPSA) is 68.5 Å². The summed E-state index contributed by atoms with van der Waals surface area (Å²) in [5.41, 5.74) is 3.43. The van der Waals surface area contributed by atoms with E-state index in [1.165, 1.54) is 22.5 Å². The minimum absolute atomic E-state index is 0.132. The Hall–Kier alpha value is -2.25. The molecule has 0 spiro atoms. The van der Waals surface area contributed by atoms with E-state index >= 15 is 0 Å². The van der Waals surface area contributed by atoms with Gasteiger partial charge in [0.25, 0.3) is 0 Å². The molecule has 0 aliphatic carbocycles. The number of aromatic nitrogens is 1. The smallest absolute Gasteiger partial charge is 0.249 e. The molecule has 1 aromatic heterocycles. The first-order valence-electron chi connectivity index (χ1n) is 8.78. The molecule has 0 fully saturated rings. The number of carbonyl (C=O) groups excluding carboxylic acids is 1. The van der Waals surface area contributed by atoms with Gasteiger partial charge in [0.1, 0.15) is 0 Å². The summed E-state index contributed by atoms with van der Waals surface area (Å²) in [5, 5.41) is 0. The number of carbonyl (C=O) groups is 1. The molecule has 3 aromatic rings. The van der Waals surface area contributed by atoms with E-state index in [9.17, 15) is 13.2 Å². The molecule has 1 heterocycles. The maximum Gasteiger partial charge on any atom is 0.249 e. The van der Waals surface area contributed by atoms with Crippen LogP contribution in [0.25, 0.3) is 10.2 Å². The maximum absolute atomic E-state index is 12.3. The minimum atomic E-state index is -3.48. The van der Waals surface area contributed by atoms with Crippen molar-refractivity contribution in [2.75, 3.05) is 5.75 Å². The number of fused-ring (bicyclic) bond motifs is 1. The molecule has 142 valence electrons. The molecule has 0 bridgehead atoms. The molecule has 0 aliphatic rings. The molecule has 3 rings (SSSR count). The van der Waals surface area contributed by atoms with Gasteiger partial charge in [0, 0.05) is 13.0 Å². The standard InChI is InChI=1S/C20H22N2O3S2/c1-4-22-17-12-14(2)15(3)13-18(17)26-20(22)21-19(23)10-11-27(24,25)16-8-6-5-7-9-16/h5-9,12-13H,4,10-11H2,1-3H3. The molecule has 0 aliphatic heterocycles. The van der Waals surface area contributed by atoms with Crippen molar-refractivity contribution in [1.82, 2.24) is 4.57 Å². The Balaban J connectivity index is 1.87. The van der Waals surface area contributed by atoms with Crippen LogP contribution in [-0.2, 0) is 21.2 Å². The van der Waals surface area contributed by atoms with E-state index in [0.717, 1.165) is 10.2 Å². The van der Waals surface area contributed by atoms with E-state index < -0.39 is 15.7 Å². The zero-order valence-corrected chi connectivity index (χ0v) is 17.2. The molecule has 0 radical (unpaired) electrons. The van der Waals surface area contributed by atoms with Crippen molar-refractivity contribution in [3.63, 3.8) is 0 Å². The normalized spacial score (nSPS) is 12.6. The Morgan fingerprint density at radius 1 is 1.11 bits per heavy atom. The largest absolute Gasteiger partial charge is 0.317 e. The Morgan fingerprint density at radius 2 is 1.78 bits per heavy atom. The van der Waals surface area contributed by atoms with E-state index in [1.54, 1.807) is 30.3 Å². The lowest BCUT2D eigenvalue weighted by Gasteiger charge is -2.04. The van der Waals surface area contributed by atoms with Crippen molar-refractivity contribution in [3.8, 4) is 0 Å². The van der Waals surface area contributed by atoms with E-state index in [2.05, 4.69) is 31.0 Å². The Kier molecular flexibility index (Phi) is 5.62. The third-order valence-electron chi connectivity index (χ3n) is 4.52. The lowest BCUT2D eigenvalue weighted by atomic mass is 10.1. The van der Waals surface area contributed by atoms with Gasteiger partial charge in [-0.2, -0.15) is 4.99 Å². The number of amides is 1. The van der Waals surface area contributed by atoms with E-state index in [-0.39, 0.29) is 17.1 Å². The second-order valence-electron chi connectivity index (χ2n) is 6.42. The first kappa shape index (κ1) is 19.5. The number of nitrogens with zero attached hydrogens (tertiary/aromatic N) is 2. The Morgan fingerprint density at radius 3 is 2.44 bits per heavy atom. The number of benzene rings is 2. The summed E-state index contributed by atoms with van der Waals surface area (Å²) in [6, 6.07) is 12.4. The van der Waals surface area contributed by atoms with Gasteiger partial charge in [-0.1, -0.05) is 29.5 Å². The summed E-state index contributed by atoms with van der Waals surface area (Å²) in [6.07, 6.45) is -0.132. The fraction of sp³-hybridized carbons (Fsp3) is 0.300. The molecular weight excluding hydrogens is 380 g/mol. The van der Waals surface area contributed by atoms with Gasteiger partial charge in [-0.3, -0.25) is 4.79 Å². The minimum Gasteiger partial charge on any atom is -0.317 e. The first-order chi connectivity index (χ1) is 12.8. The van der Waals surface area contributed by atoms with Crippen LogP contribution in [0.2, 0.25) is 0 Å². The molecule has 27 heavy (non-hydrogen) atoms. The van der Waals surface area contributed by atoms with E-state index in [4.69, 9.17) is 0 Å². The monoisotopic (exact) mass is 402 g/mol. The fourth-order valence-corrected chi connectivity index (χ4v) is 5.28. The quantitative estimate of drug-likeness (QED) is 0.654. The molecular formula is C20H22N2O3S2. The van der Waals surface area contributed by atoms with Gasteiger partial charge in [-0.15, -0.1) is 0 Å². The van der Waals surface area contributed by atoms with Gasteiger partial charge >= 0.3 is 0 Å². The number of hydrogen-bond acceptors (Lipinski definition) is 4. The van der Waals surface area contributed by atoms with Gasteiger partial charge in [-0.05, 0) is 56.2 Å². The zero-order valence-electron chi connectivity index (χ0n) is 15.6. The van der Waals surface area contributed by atoms with E-state index in [1.807, 2.05) is 11.5 Å². The summed E-state index contributed by atoms with van der Waals surface area (Å²) in [6.45, 7) is 6.81. The SMILES string of the molecule is CCn1c(=NC(=O)CCS(=O)(=O)c2ccccc2)sc2cc(C)c(C)cc21. The highest BCUT2D eigenvalue weighted by molar-refractivity contribution is 7.91. The Labute approximate surface area is 162 Å². The van der Waals surface area contributed by atoms with Gasteiger partial charge in [-0.25, -0.2) is 8.42 Å². The second kappa shape index (κ2) is 7.78. The van der Waals surface area contributed by atoms with Gasteiger partial charge in [0.15, 0.2) is 14.6 Å². The van der Waals surface area contributed by atoms with E-state index in [0.29, 0.717) is 11.3 Å². The molecule has 1 amide bonds. The number of thiazole rings is 1. The molecule has 0 N–H and O–H groups in total. The molecule has 0 unspecified atom stereocenters. The summed E-state index contributed by atoms with van der Waals surface area (Å²) < 4.78 is 27.7. The van der Waals surface area contributed by atoms with Crippen molar-refractivity contribution in [3.05, 3.63) is 58.4 Å². The first-order valence-corrected chi connectivity index (χ1v) is 11.2. The molecule has 0 saturated heterocycles. The maximum atomic E-state index is 12.3. The summed E-state index contributed by atoms with van der Waals surface area (Å²) in [5.74, 6) is -0.661. The average Bonchev–Trinajstić information content (AvgIpc) is 2.97. The summed E-state index contributed by atoms with van der Waals surface area (Å²) in [7, 11) is -3.48. The predicted molar refractivity (Wildman–Crippen MR) is 109 cm³/mol. The highest BCUT2D eigenvalue weighted by atomic mass is 32.2. The third-order valence-corrected chi connectivity index (χ3v) is 7.29. The van der Waals surface area contributed by atoms with Crippen LogP contribution in [0, 0.1) is 13.8 Å². The van der Waals surface area contributed by atoms with Crippen LogP contribution in [0.1, 0.15) is 24.5 Å². The van der Waals surface area contributed by atoms with Crippen molar-refractivity contribution in [2.45, 2.75) is 38.6 Å². The van der Waals surface area contributed by atoms with Crippen LogP contribution in [0.5, 0.6) is 0 Å². The summed E-state index contributed by atoms with van der Waals surface area (Å²) in [4.78, 5) is 17.4. The van der Waals surface area contributed by atoms with Gasteiger partial charge in [0.2, 0.25) is 5.91 Å². The van der Waals surface area contributed by atoms with Crippen LogP contribution in [0.4, 0.5) is 0 Å². The number of sulfone groups is 1. The number of rotatable bonds is 5. The Bertz CT molecular complexity index is 1160. The lowest BCUT2D eigenvalue weighted by molar-refractivity contribution is -0.117. The summed E-state index contributed by atoms with van der Waals surface area (Å²) >= 11 is 1.46. The predicted octanol–water partition coefficient (Wildman–Crippen LogP) is 3.63. The van der Waals surface area contributed by atoms with Crippen molar-refractivity contribution >= 4 is 37.3 Å². The highest BCUT2D eigenvalue weighted by Crippen LogP contribution is 2.22. The molecule has 5 nitrogen and oxygen atoms in total. The lowest BCUT2D eigenvalue weighted by Crippen LogP contribution is -2.17. The van der Waals surface area contributed by atoms with Crippen LogP contribution in [0.3, 0.4) is 0 Å². The second-order valence-corrected chi connectivity index (χ2v) is 9.54. The number of aryl methyl sites for hydroxylation is 3. The van der Waals surface area contributed by atoms with Crippen LogP contribution < -0.4 is 4.80 Å². The number of hydrogen-bond donors (Lipinski definition) is 0. The van der Waals surface area contributed by atoms with Crippen molar-refractivity contribution < 1.29 is 13.2 Å². The molecule has 2 aromatic carbocycles. The van der Waals surface area contributed by atoms with Gasteiger partial charge in [0.05, 0.1) is 20.9 Å². The van der Waals surface area contributed by atoms with Crippen LogP contribution >= 0.6 is 11.3 Å². The van der Waals surface area contributed by atoms with Gasteiger partial charge < -0.3 is 4.57 Å².